The number of rotatable bonds is 2. The molecule has 1 heterocycles. The van der Waals surface area contributed by atoms with E-state index in [2.05, 4.69) is 49.4 Å². The van der Waals surface area contributed by atoms with Crippen molar-refractivity contribution in [3.8, 4) is 0 Å². The highest BCUT2D eigenvalue weighted by molar-refractivity contribution is 8.05. The SMILES string of the molecule is CC(N)Cc1cccc2c1Sc1ccccc1S2. The molecule has 1 nitrogen and oxygen atoms in total. The van der Waals surface area contributed by atoms with E-state index in [9.17, 15) is 0 Å². The zero-order valence-electron chi connectivity index (χ0n) is 10.2. The summed E-state index contributed by atoms with van der Waals surface area (Å²) >= 11 is 3.74. The Hall–Kier alpha value is -0.900. The minimum absolute atomic E-state index is 0.208. The van der Waals surface area contributed by atoms with Crippen molar-refractivity contribution in [3.05, 3.63) is 48.0 Å². The summed E-state index contributed by atoms with van der Waals surface area (Å²) in [5.41, 5.74) is 7.31. The molecule has 1 aliphatic rings. The fourth-order valence-corrected chi connectivity index (χ4v) is 4.52. The molecule has 3 rings (SSSR count). The van der Waals surface area contributed by atoms with Gasteiger partial charge in [-0.2, -0.15) is 0 Å². The van der Waals surface area contributed by atoms with Crippen LogP contribution in [0.3, 0.4) is 0 Å². The maximum absolute atomic E-state index is 5.94. The van der Waals surface area contributed by atoms with Gasteiger partial charge in [0.1, 0.15) is 0 Å². The molecule has 0 fully saturated rings. The Morgan fingerprint density at radius 3 is 2.33 bits per heavy atom. The van der Waals surface area contributed by atoms with Crippen LogP contribution >= 0.6 is 23.5 Å². The van der Waals surface area contributed by atoms with Crippen molar-refractivity contribution >= 4 is 23.5 Å². The van der Waals surface area contributed by atoms with E-state index >= 15 is 0 Å². The van der Waals surface area contributed by atoms with Crippen LogP contribution in [0.15, 0.2) is 62.0 Å². The Bertz CT molecular complexity index is 578. The van der Waals surface area contributed by atoms with Gasteiger partial charge in [-0.3, -0.25) is 0 Å². The molecule has 92 valence electrons. The molecular weight excluding hydrogens is 258 g/mol. The number of hydrogen-bond acceptors (Lipinski definition) is 3. The van der Waals surface area contributed by atoms with Crippen LogP contribution in [0.2, 0.25) is 0 Å². The van der Waals surface area contributed by atoms with Gasteiger partial charge >= 0.3 is 0 Å². The highest BCUT2D eigenvalue weighted by Gasteiger charge is 2.19. The Labute approximate surface area is 116 Å². The van der Waals surface area contributed by atoms with Gasteiger partial charge in [0.05, 0.1) is 0 Å². The molecular formula is C15H15NS2. The third-order valence-corrected chi connectivity index (χ3v) is 5.54. The Morgan fingerprint density at radius 1 is 0.944 bits per heavy atom. The lowest BCUT2D eigenvalue weighted by molar-refractivity contribution is 0.725. The third kappa shape index (κ3) is 2.30. The molecule has 0 aromatic heterocycles. The van der Waals surface area contributed by atoms with E-state index < -0.39 is 0 Å². The van der Waals surface area contributed by atoms with Gasteiger partial charge in [-0.1, -0.05) is 47.8 Å². The molecule has 1 aliphatic heterocycles. The normalized spacial score (nSPS) is 14.8. The number of fused-ring (bicyclic) bond motifs is 2. The van der Waals surface area contributed by atoms with Gasteiger partial charge in [0.25, 0.3) is 0 Å². The first-order valence-corrected chi connectivity index (χ1v) is 7.69. The van der Waals surface area contributed by atoms with Gasteiger partial charge in [-0.05, 0) is 37.1 Å². The van der Waals surface area contributed by atoms with E-state index in [0.717, 1.165) is 6.42 Å². The summed E-state index contributed by atoms with van der Waals surface area (Å²) in [6, 6.07) is 15.3. The summed E-state index contributed by atoms with van der Waals surface area (Å²) in [6.07, 6.45) is 0.943. The van der Waals surface area contributed by atoms with Crippen LogP contribution in [-0.2, 0) is 6.42 Å². The second-order valence-corrected chi connectivity index (χ2v) is 6.71. The van der Waals surface area contributed by atoms with Crippen LogP contribution in [-0.4, -0.2) is 6.04 Å². The van der Waals surface area contributed by atoms with Crippen molar-refractivity contribution in [2.24, 2.45) is 5.73 Å². The molecule has 0 saturated heterocycles. The molecule has 2 aromatic rings. The van der Waals surface area contributed by atoms with Crippen molar-refractivity contribution in [2.45, 2.75) is 39.0 Å². The van der Waals surface area contributed by atoms with Crippen LogP contribution in [0.25, 0.3) is 0 Å². The maximum Gasteiger partial charge on any atom is 0.0295 e. The molecule has 1 unspecified atom stereocenters. The smallest absolute Gasteiger partial charge is 0.0295 e. The highest BCUT2D eigenvalue weighted by Crippen LogP contribution is 2.49. The van der Waals surface area contributed by atoms with Crippen LogP contribution in [0.4, 0.5) is 0 Å². The summed E-state index contributed by atoms with van der Waals surface area (Å²) in [6.45, 7) is 2.06. The third-order valence-electron chi connectivity index (χ3n) is 2.88. The monoisotopic (exact) mass is 273 g/mol. The summed E-state index contributed by atoms with van der Waals surface area (Å²) in [4.78, 5) is 5.45. The van der Waals surface area contributed by atoms with Gasteiger partial charge in [-0.15, -0.1) is 0 Å². The maximum atomic E-state index is 5.94. The standard InChI is InChI=1S/C15H15NS2/c1-10(16)9-11-5-4-8-14-15(11)18-13-7-3-2-6-12(13)17-14/h2-8,10H,9,16H2,1H3. The average Bonchev–Trinajstić information content (AvgIpc) is 2.36. The largest absolute Gasteiger partial charge is 0.328 e. The zero-order chi connectivity index (χ0) is 12.5. The van der Waals surface area contributed by atoms with Crippen LogP contribution in [0.1, 0.15) is 12.5 Å². The molecule has 0 amide bonds. The van der Waals surface area contributed by atoms with Crippen LogP contribution in [0.5, 0.6) is 0 Å². The first-order chi connectivity index (χ1) is 8.74. The van der Waals surface area contributed by atoms with Gasteiger partial charge < -0.3 is 5.73 Å². The number of nitrogens with two attached hydrogens (primary N) is 1. The van der Waals surface area contributed by atoms with Crippen molar-refractivity contribution in [1.29, 1.82) is 0 Å². The predicted molar refractivity (Wildman–Crippen MR) is 78.5 cm³/mol. The zero-order valence-corrected chi connectivity index (χ0v) is 11.9. The van der Waals surface area contributed by atoms with Gasteiger partial charge in [-0.25, -0.2) is 0 Å². The minimum atomic E-state index is 0.208. The van der Waals surface area contributed by atoms with E-state index in [1.54, 1.807) is 0 Å². The molecule has 0 saturated carbocycles. The summed E-state index contributed by atoms with van der Waals surface area (Å²) in [5.74, 6) is 0. The fourth-order valence-electron chi connectivity index (χ4n) is 2.11. The molecule has 18 heavy (non-hydrogen) atoms. The predicted octanol–water partition coefficient (Wildman–Crippen LogP) is 4.19. The Morgan fingerprint density at radius 2 is 1.61 bits per heavy atom. The van der Waals surface area contributed by atoms with Crippen molar-refractivity contribution in [1.82, 2.24) is 0 Å². The molecule has 2 aromatic carbocycles. The van der Waals surface area contributed by atoms with Crippen molar-refractivity contribution < 1.29 is 0 Å². The summed E-state index contributed by atoms with van der Waals surface area (Å²) < 4.78 is 0. The second kappa shape index (κ2) is 5.00. The first kappa shape index (κ1) is 12.2. The molecule has 0 spiro atoms. The molecule has 0 bridgehead atoms. The molecule has 1 atom stereocenters. The first-order valence-electron chi connectivity index (χ1n) is 6.06. The Kier molecular flexibility index (Phi) is 3.37. The number of hydrogen-bond donors (Lipinski definition) is 1. The van der Waals surface area contributed by atoms with Crippen molar-refractivity contribution in [2.75, 3.05) is 0 Å². The molecule has 0 aliphatic carbocycles. The lowest BCUT2D eigenvalue weighted by Crippen LogP contribution is -2.18. The summed E-state index contributed by atoms with van der Waals surface area (Å²) in [5, 5.41) is 0. The fraction of sp³-hybridized carbons (Fsp3) is 0.200. The summed E-state index contributed by atoms with van der Waals surface area (Å²) in [7, 11) is 0. The van der Waals surface area contributed by atoms with Crippen LogP contribution in [0, 0.1) is 0 Å². The molecule has 0 radical (unpaired) electrons. The second-order valence-electron chi connectivity index (χ2n) is 4.58. The van der Waals surface area contributed by atoms with E-state index in [-0.39, 0.29) is 6.04 Å². The van der Waals surface area contributed by atoms with E-state index in [0.29, 0.717) is 0 Å². The lowest BCUT2D eigenvalue weighted by atomic mass is 10.1. The van der Waals surface area contributed by atoms with E-state index in [1.807, 2.05) is 23.5 Å². The molecule has 2 N–H and O–H groups in total. The molecule has 3 heteroatoms. The van der Waals surface area contributed by atoms with E-state index in [4.69, 9.17) is 5.73 Å². The topological polar surface area (TPSA) is 26.0 Å². The van der Waals surface area contributed by atoms with Crippen LogP contribution < -0.4 is 5.73 Å². The van der Waals surface area contributed by atoms with Gasteiger partial charge in [0, 0.05) is 25.6 Å². The van der Waals surface area contributed by atoms with Gasteiger partial charge in [0.2, 0.25) is 0 Å². The van der Waals surface area contributed by atoms with Crippen molar-refractivity contribution in [3.63, 3.8) is 0 Å². The lowest BCUT2D eigenvalue weighted by Gasteiger charge is -2.21. The van der Waals surface area contributed by atoms with E-state index in [1.165, 1.54) is 25.1 Å². The Balaban J connectivity index is 2.02. The van der Waals surface area contributed by atoms with Gasteiger partial charge in [0.15, 0.2) is 0 Å². The number of benzene rings is 2. The highest BCUT2D eigenvalue weighted by atomic mass is 32.2. The minimum Gasteiger partial charge on any atom is -0.328 e. The average molecular weight is 273 g/mol. The quantitative estimate of drug-likeness (QED) is 0.758.